The summed E-state index contributed by atoms with van der Waals surface area (Å²) in [5.74, 6) is -2.04. The average molecular weight is 482 g/mol. The van der Waals surface area contributed by atoms with Gasteiger partial charge in [0.1, 0.15) is 28.6 Å². The number of nitrogens with two attached hydrogens (primary N) is 2. The van der Waals surface area contributed by atoms with Crippen molar-refractivity contribution in [3.05, 3.63) is 71.8 Å². The van der Waals surface area contributed by atoms with Gasteiger partial charge in [-0.25, -0.2) is 13.5 Å². The first-order valence-corrected chi connectivity index (χ1v) is 11.1. The fourth-order valence-electron chi connectivity index (χ4n) is 4.14. The minimum absolute atomic E-state index is 0.0835. The number of piperidine rings is 1. The maximum absolute atomic E-state index is 13.9. The highest BCUT2D eigenvalue weighted by Crippen LogP contribution is 2.33. The van der Waals surface area contributed by atoms with Crippen molar-refractivity contribution in [2.75, 3.05) is 18.8 Å². The minimum atomic E-state index is -0.828. The Morgan fingerprint density at radius 2 is 1.91 bits per heavy atom. The highest BCUT2D eigenvalue weighted by molar-refractivity contribution is 6.03. The Kier molecular flexibility index (Phi) is 6.81. The van der Waals surface area contributed by atoms with E-state index in [1.807, 2.05) is 0 Å². The normalized spacial score (nSPS) is 16.0. The van der Waals surface area contributed by atoms with Gasteiger partial charge >= 0.3 is 0 Å². The van der Waals surface area contributed by atoms with Crippen LogP contribution >= 0.6 is 0 Å². The van der Waals surface area contributed by atoms with Crippen molar-refractivity contribution in [1.29, 1.82) is 0 Å². The molecule has 2 aromatic carbocycles. The first-order valence-electron chi connectivity index (χ1n) is 11.1. The zero-order valence-corrected chi connectivity index (χ0v) is 19.1. The summed E-state index contributed by atoms with van der Waals surface area (Å²) in [6.45, 7) is 2.82. The summed E-state index contributed by atoms with van der Waals surface area (Å²) in [4.78, 5) is 26.3. The number of carbonyl (C=O) groups excluding carboxylic acids is 2. The van der Waals surface area contributed by atoms with Gasteiger partial charge < -0.3 is 21.1 Å². The summed E-state index contributed by atoms with van der Waals surface area (Å²) in [5.41, 5.74) is 12.9. The molecule has 1 aliphatic rings. The van der Waals surface area contributed by atoms with Crippen LogP contribution in [0.25, 0.3) is 11.3 Å². The van der Waals surface area contributed by atoms with Gasteiger partial charge in [0.2, 0.25) is 5.91 Å². The molecule has 1 atom stereocenters. The van der Waals surface area contributed by atoms with Gasteiger partial charge in [0.15, 0.2) is 11.6 Å². The number of nitrogens with zero attached hydrogens (tertiary/aromatic N) is 3. The zero-order valence-electron chi connectivity index (χ0n) is 19.1. The van der Waals surface area contributed by atoms with Crippen LogP contribution in [0.5, 0.6) is 11.5 Å². The molecule has 0 aliphatic carbocycles. The summed E-state index contributed by atoms with van der Waals surface area (Å²) >= 11 is 0. The maximum atomic E-state index is 13.9. The maximum Gasteiger partial charge on any atom is 0.254 e. The summed E-state index contributed by atoms with van der Waals surface area (Å²) in [6.07, 6.45) is 4.70. The SMILES string of the molecule is CC=CC(=O)N1CCCC(n2nc(-c3ccc(Oc4ccc(F)cc4F)cc3)c(C(N)=O)c2N)C1. The lowest BCUT2D eigenvalue weighted by Crippen LogP contribution is -2.40. The molecule has 0 spiro atoms. The molecule has 2 amide bonds. The Labute approximate surface area is 200 Å². The molecule has 1 saturated heterocycles. The lowest BCUT2D eigenvalue weighted by Gasteiger charge is -2.32. The number of anilines is 1. The molecule has 1 aliphatic heterocycles. The molecule has 0 bridgehead atoms. The molecule has 4 rings (SSSR count). The Hall–Kier alpha value is -4.21. The van der Waals surface area contributed by atoms with E-state index in [0.717, 1.165) is 25.0 Å². The zero-order chi connectivity index (χ0) is 25.1. The first kappa shape index (κ1) is 23.9. The fourth-order valence-corrected chi connectivity index (χ4v) is 4.14. The van der Waals surface area contributed by atoms with Crippen molar-refractivity contribution in [3.63, 3.8) is 0 Å². The van der Waals surface area contributed by atoms with E-state index in [-0.39, 0.29) is 29.1 Å². The van der Waals surface area contributed by atoms with E-state index in [4.69, 9.17) is 16.2 Å². The van der Waals surface area contributed by atoms with E-state index in [1.54, 1.807) is 46.8 Å². The number of benzene rings is 2. The number of aromatic nitrogens is 2. The second-order valence-electron chi connectivity index (χ2n) is 8.20. The van der Waals surface area contributed by atoms with E-state index in [9.17, 15) is 18.4 Å². The number of allylic oxidation sites excluding steroid dienone is 1. The van der Waals surface area contributed by atoms with Gasteiger partial charge in [-0.05, 0) is 62.2 Å². The topological polar surface area (TPSA) is 116 Å². The largest absolute Gasteiger partial charge is 0.454 e. The van der Waals surface area contributed by atoms with E-state index < -0.39 is 17.5 Å². The van der Waals surface area contributed by atoms with Crippen LogP contribution in [-0.2, 0) is 4.79 Å². The number of likely N-dealkylation sites (tertiary alicyclic amines) is 1. The van der Waals surface area contributed by atoms with Crippen molar-refractivity contribution in [3.8, 4) is 22.8 Å². The molecule has 1 fully saturated rings. The van der Waals surface area contributed by atoms with Gasteiger partial charge in [-0.3, -0.25) is 9.59 Å². The summed E-state index contributed by atoms with van der Waals surface area (Å²) in [6, 6.07) is 9.22. The number of nitrogen functional groups attached to an aromatic ring is 1. The molecular weight excluding hydrogens is 456 g/mol. The highest BCUT2D eigenvalue weighted by Gasteiger charge is 2.29. The number of ether oxygens (including phenoxy) is 1. The van der Waals surface area contributed by atoms with Gasteiger partial charge in [0.25, 0.3) is 5.91 Å². The average Bonchev–Trinajstić information content (AvgIpc) is 3.19. The van der Waals surface area contributed by atoms with Crippen molar-refractivity contribution in [2.24, 2.45) is 5.73 Å². The minimum Gasteiger partial charge on any atom is -0.454 e. The number of primary amides is 1. The van der Waals surface area contributed by atoms with Crippen LogP contribution in [0.4, 0.5) is 14.6 Å². The second-order valence-corrected chi connectivity index (χ2v) is 8.20. The molecule has 182 valence electrons. The number of amides is 2. The quantitative estimate of drug-likeness (QED) is 0.516. The Morgan fingerprint density at radius 1 is 1.17 bits per heavy atom. The number of carbonyl (C=O) groups is 2. The van der Waals surface area contributed by atoms with Crippen LogP contribution in [0.1, 0.15) is 36.2 Å². The van der Waals surface area contributed by atoms with Crippen LogP contribution in [0.2, 0.25) is 0 Å². The van der Waals surface area contributed by atoms with Gasteiger partial charge in [0.05, 0.1) is 6.04 Å². The van der Waals surface area contributed by atoms with E-state index >= 15 is 0 Å². The van der Waals surface area contributed by atoms with Crippen LogP contribution < -0.4 is 16.2 Å². The smallest absolute Gasteiger partial charge is 0.254 e. The molecule has 4 N–H and O–H groups in total. The Bertz CT molecular complexity index is 1290. The van der Waals surface area contributed by atoms with Crippen LogP contribution in [0, 0.1) is 11.6 Å². The lowest BCUT2D eigenvalue weighted by atomic mass is 10.1. The molecule has 35 heavy (non-hydrogen) atoms. The monoisotopic (exact) mass is 481 g/mol. The Morgan fingerprint density at radius 3 is 2.57 bits per heavy atom. The van der Waals surface area contributed by atoms with Crippen molar-refractivity contribution >= 4 is 17.6 Å². The third-order valence-electron chi connectivity index (χ3n) is 5.81. The van der Waals surface area contributed by atoms with Gasteiger partial charge in [-0.2, -0.15) is 5.10 Å². The molecule has 8 nitrogen and oxygen atoms in total. The van der Waals surface area contributed by atoms with Crippen LogP contribution in [0.15, 0.2) is 54.6 Å². The molecule has 10 heteroatoms. The predicted molar refractivity (Wildman–Crippen MR) is 127 cm³/mol. The van der Waals surface area contributed by atoms with Gasteiger partial charge in [-0.15, -0.1) is 0 Å². The predicted octanol–water partition coefficient (Wildman–Crippen LogP) is 4.04. The Balaban J connectivity index is 1.62. The molecule has 2 heterocycles. The van der Waals surface area contributed by atoms with E-state index in [2.05, 4.69) is 5.10 Å². The third-order valence-corrected chi connectivity index (χ3v) is 5.81. The van der Waals surface area contributed by atoms with E-state index in [0.29, 0.717) is 30.1 Å². The lowest BCUT2D eigenvalue weighted by molar-refractivity contribution is -0.127. The summed E-state index contributed by atoms with van der Waals surface area (Å²) in [5, 5.41) is 4.59. The van der Waals surface area contributed by atoms with Crippen LogP contribution in [-0.4, -0.2) is 39.6 Å². The third kappa shape index (κ3) is 5.01. The molecular formula is C25H25F2N5O3. The number of halogens is 2. The van der Waals surface area contributed by atoms with Crippen molar-refractivity contribution in [2.45, 2.75) is 25.8 Å². The van der Waals surface area contributed by atoms with Gasteiger partial charge in [-0.1, -0.05) is 6.08 Å². The molecule has 3 aromatic rings. The highest BCUT2D eigenvalue weighted by atomic mass is 19.1. The number of hydrogen-bond donors (Lipinski definition) is 2. The standard InChI is InChI=1S/C25H25F2N5O3/c1-2-4-21(33)31-12-3-5-17(14-31)32-24(28)22(25(29)34)23(30-32)15-6-9-18(10-7-15)35-20-11-8-16(26)13-19(20)27/h2,4,6-11,13,17H,3,5,12,14,28H2,1H3,(H2,29,34). The molecule has 1 aromatic heterocycles. The number of hydrogen-bond acceptors (Lipinski definition) is 5. The molecule has 0 radical (unpaired) electrons. The van der Waals surface area contributed by atoms with Gasteiger partial charge in [0, 0.05) is 24.7 Å². The van der Waals surface area contributed by atoms with Crippen LogP contribution in [0.3, 0.4) is 0 Å². The van der Waals surface area contributed by atoms with Crippen molar-refractivity contribution in [1.82, 2.24) is 14.7 Å². The summed E-state index contributed by atoms with van der Waals surface area (Å²) in [7, 11) is 0. The summed E-state index contributed by atoms with van der Waals surface area (Å²) < 4.78 is 34.1. The van der Waals surface area contributed by atoms with Crippen molar-refractivity contribution < 1.29 is 23.1 Å². The second kappa shape index (κ2) is 9.96. The van der Waals surface area contributed by atoms with E-state index in [1.165, 1.54) is 12.1 Å². The number of rotatable bonds is 6. The fraction of sp³-hybridized carbons (Fsp3) is 0.240. The molecule has 0 saturated carbocycles. The first-order chi connectivity index (χ1) is 16.8. The molecule has 1 unspecified atom stereocenters.